The van der Waals surface area contributed by atoms with Crippen LogP contribution in [0.5, 0.6) is 0 Å². The number of nitrogens with zero attached hydrogens (tertiary/aromatic N) is 1. The third kappa shape index (κ3) is 4.55. The fourth-order valence-corrected chi connectivity index (χ4v) is 5.68. The minimum absolute atomic E-state index is 0.0876. The first-order chi connectivity index (χ1) is 13.8. The van der Waals surface area contributed by atoms with Crippen LogP contribution in [0.4, 0.5) is 0 Å². The predicted octanol–water partition coefficient (Wildman–Crippen LogP) is 1.81. The van der Waals surface area contributed by atoms with Crippen molar-refractivity contribution >= 4 is 35.5 Å². The molecule has 1 atom stereocenters. The van der Waals surface area contributed by atoms with Crippen molar-refractivity contribution in [3.8, 4) is 0 Å². The van der Waals surface area contributed by atoms with Crippen LogP contribution in [0, 0.1) is 5.92 Å². The van der Waals surface area contributed by atoms with Gasteiger partial charge in [0.2, 0.25) is 5.91 Å². The highest BCUT2D eigenvalue weighted by atomic mass is 32.2. The SMILES string of the molecule is O=C(O)CCNC(=O)C1CCC2(CC1)SC[C@@H](C(=O)O)N2C(=O)c1ccccc1. The Morgan fingerprint density at radius 2 is 1.76 bits per heavy atom. The fraction of sp³-hybridized carbons (Fsp3) is 0.500. The highest BCUT2D eigenvalue weighted by Crippen LogP contribution is 2.50. The van der Waals surface area contributed by atoms with Crippen molar-refractivity contribution in [1.29, 1.82) is 0 Å². The van der Waals surface area contributed by atoms with Crippen molar-refractivity contribution in [2.75, 3.05) is 12.3 Å². The highest BCUT2D eigenvalue weighted by Gasteiger charge is 2.53. The van der Waals surface area contributed by atoms with Gasteiger partial charge in [-0.15, -0.1) is 11.8 Å². The van der Waals surface area contributed by atoms with Gasteiger partial charge in [-0.1, -0.05) is 18.2 Å². The Hall–Kier alpha value is -2.55. The van der Waals surface area contributed by atoms with Gasteiger partial charge in [0.15, 0.2) is 0 Å². The average Bonchev–Trinajstić information content (AvgIpc) is 3.07. The maximum Gasteiger partial charge on any atom is 0.327 e. The van der Waals surface area contributed by atoms with Gasteiger partial charge in [0, 0.05) is 23.8 Å². The number of amides is 2. The molecular weight excluding hydrogens is 396 g/mol. The first-order valence-corrected chi connectivity index (χ1v) is 10.6. The number of rotatable bonds is 6. The molecule has 1 aromatic carbocycles. The molecule has 8 nitrogen and oxygen atoms in total. The molecule has 1 saturated heterocycles. The molecule has 1 aromatic rings. The minimum Gasteiger partial charge on any atom is -0.481 e. The van der Waals surface area contributed by atoms with Gasteiger partial charge in [-0.25, -0.2) is 4.79 Å². The molecule has 0 aromatic heterocycles. The van der Waals surface area contributed by atoms with E-state index in [1.54, 1.807) is 30.3 Å². The Balaban J connectivity index is 1.71. The number of carboxylic acids is 2. The van der Waals surface area contributed by atoms with Gasteiger partial charge in [-0.3, -0.25) is 14.4 Å². The molecule has 1 heterocycles. The van der Waals surface area contributed by atoms with Gasteiger partial charge in [0.25, 0.3) is 5.91 Å². The summed E-state index contributed by atoms with van der Waals surface area (Å²) >= 11 is 1.48. The molecule has 2 amide bonds. The lowest BCUT2D eigenvalue weighted by atomic mass is 9.83. The third-order valence-corrected chi connectivity index (χ3v) is 7.19. The first kappa shape index (κ1) is 21.2. The molecule has 9 heteroatoms. The number of thioether (sulfide) groups is 1. The number of carboxylic acid groups (broad SMARTS) is 2. The molecule has 0 bridgehead atoms. The molecule has 3 rings (SSSR count). The van der Waals surface area contributed by atoms with Crippen LogP contribution in [0.25, 0.3) is 0 Å². The number of carbonyl (C=O) groups excluding carboxylic acids is 2. The van der Waals surface area contributed by atoms with Crippen molar-refractivity contribution in [1.82, 2.24) is 10.2 Å². The van der Waals surface area contributed by atoms with Crippen LogP contribution >= 0.6 is 11.8 Å². The standard InChI is InChI=1S/C20H24N2O6S/c23-16(24)8-11-21-17(25)13-6-9-20(10-7-13)22(15(12-29-20)19(27)28)18(26)14-4-2-1-3-5-14/h1-5,13,15H,6-12H2,(H,21,25)(H,23,24)(H,27,28)/t13?,15-,20?/m0/s1. The molecule has 1 aliphatic heterocycles. The maximum atomic E-state index is 13.2. The summed E-state index contributed by atoms with van der Waals surface area (Å²) in [5.74, 6) is -2.40. The number of nitrogens with one attached hydrogen (secondary N) is 1. The van der Waals surface area contributed by atoms with Gasteiger partial charge in [0.05, 0.1) is 11.3 Å². The van der Waals surface area contributed by atoms with Crippen LogP contribution in [-0.2, 0) is 14.4 Å². The maximum absolute atomic E-state index is 13.2. The Morgan fingerprint density at radius 1 is 1.10 bits per heavy atom. The minimum atomic E-state index is -1.02. The third-order valence-electron chi connectivity index (χ3n) is 5.56. The van der Waals surface area contributed by atoms with Crippen molar-refractivity contribution < 1.29 is 29.4 Å². The second kappa shape index (κ2) is 8.86. The monoisotopic (exact) mass is 420 g/mol. The fourth-order valence-electron chi connectivity index (χ4n) is 4.04. The predicted molar refractivity (Wildman–Crippen MR) is 106 cm³/mol. The Kier molecular flexibility index (Phi) is 6.46. The number of carbonyl (C=O) groups is 4. The molecule has 2 fully saturated rings. The van der Waals surface area contributed by atoms with Crippen LogP contribution in [0.3, 0.4) is 0 Å². The van der Waals surface area contributed by atoms with E-state index in [2.05, 4.69) is 5.32 Å². The summed E-state index contributed by atoms with van der Waals surface area (Å²) in [6.07, 6.45) is 1.97. The zero-order chi connectivity index (χ0) is 21.0. The van der Waals surface area contributed by atoms with Crippen LogP contribution in [0.2, 0.25) is 0 Å². The van der Waals surface area contributed by atoms with E-state index in [9.17, 15) is 24.3 Å². The van der Waals surface area contributed by atoms with E-state index in [0.717, 1.165) is 0 Å². The summed E-state index contributed by atoms with van der Waals surface area (Å²) in [5, 5.41) is 21.0. The van der Waals surface area contributed by atoms with Crippen molar-refractivity contribution in [3.63, 3.8) is 0 Å². The van der Waals surface area contributed by atoms with E-state index in [0.29, 0.717) is 37.0 Å². The van der Waals surface area contributed by atoms with E-state index in [1.807, 2.05) is 0 Å². The van der Waals surface area contributed by atoms with Gasteiger partial charge < -0.3 is 20.4 Å². The van der Waals surface area contributed by atoms with Gasteiger partial charge >= 0.3 is 11.9 Å². The largest absolute Gasteiger partial charge is 0.481 e. The number of hydrogen-bond acceptors (Lipinski definition) is 5. The van der Waals surface area contributed by atoms with E-state index in [4.69, 9.17) is 5.11 Å². The van der Waals surface area contributed by atoms with Crippen molar-refractivity contribution in [2.24, 2.45) is 5.92 Å². The summed E-state index contributed by atoms with van der Waals surface area (Å²) in [5.41, 5.74) is 0.453. The summed E-state index contributed by atoms with van der Waals surface area (Å²) in [4.78, 5) is 48.7. The summed E-state index contributed by atoms with van der Waals surface area (Å²) in [7, 11) is 0. The summed E-state index contributed by atoms with van der Waals surface area (Å²) in [6.45, 7) is 0.0876. The molecule has 1 aliphatic carbocycles. The Bertz CT molecular complexity index is 791. The van der Waals surface area contributed by atoms with Gasteiger partial charge in [0.1, 0.15) is 6.04 Å². The Labute approximate surface area is 172 Å². The van der Waals surface area contributed by atoms with E-state index >= 15 is 0 Å². The average molecular weight is 420 g/mol. The van der Waals surface area contributed by atoms with Crippen molar-refractivity contribution in [3.05, 3.63) is 35.9 Å². The van der Waals surface area contributed by atoms with Crippen LogP contribution in [0.15, 0.2) is 30.3 Å². The van der Waals surface area contributed by atoms with Crippen LogP contribution in [-0.4, -0.2) is 62.1 Å². The molecule has 29 heavy (non-hydrogen) atoms. The molecule has 0 unspecified atom stereocenters. The van der Waals surface area contributed by atoms with Crippen molar-refractivity contribution in [2.45, 2.75) is 43.0 Å². The smallest absolute Gasteiger partial charge is 0.327 e. The summed E-state index contributed by atoms with van der Waals surface area (Å²) in [6, 6.07) is 7.76. The lowest BCUT2D eigenvalue weighted by molar-refractivity contribution is -0.142. The molecule has 0 radical (unpaired) electrons. The molecule has 3 N–H and O–H groups in total. The molecule has 2 aliphatic rings. The van der Waals surface area contributed by atoms with E-state index in [1.165, 1.54) is 16.7 Å². The summed E-state index contributed by atoms with van der Waals surface area (Å²) < 4.78 is 0. The second-order valence-electron chi connectivity index (χ2n) is 7.36. The molecular formula is C20H24N2O6S. The topological polar surface area (TPSA) is 124 Å². The molecule has 1 saturated carbocycles. The zero-order valence-electron chi connectivity index (χ0n) is 15.9. The number of benzene rings is 1. The highest BCUT2D eigenvalue weighted by molar-refractivity contribution is 8.01. The lowest BCUT2D eigenvalue weighted by Crippen LogP contribution is -2.54. The molecule has 156 valence electrons. The normalized spacial score (nSPS) is 26.3. The number of hydrogen-bond donors (Lipinski definition) is 3. The van der Waals surface area contributed by atoms with Gasteiger partial charge in [-0.2, -0.15) is 0 Å². The van der Waals surface area contributed by atoms with Crippen LogP contribution < -0.4 is 5.32 Å². The quantitative estimate of drug-likeness (QED) is 0.641. The van der Waals surface area contributed by atoms with Gasteiger partial charge in [-0.05, 0) is 37.8 Å². The second-order valence-corrected chi connectivity index (χ2v) is 8.74. The molecule has 1 spiro atoms. The zero-order valence-corrected chi connectivity index (χ0v) is 16.7. The lowest BCUT2D eigenvalue weighted by Gasteiger charge is -2.43. The van der Waals surface area contributed by atoms with E-state index < -0.39 is 22.9 Å². The van der Waals surface area contributed by atoms with Crippen LogP contribution in [0.1, 0.15) is 42.5 Å². The number of aliphatic carboxylic acids is 2. The Morgan fingerprint density at radius 3 is 2.34 bits per heavy atom. The first-order valence-electron chi connectivity index (χ1n) is 9.59. The van der Waals surface area contributed by atoms with E-state index in [-0.39, 0.29) is 30.7 Å².